The van der Waals surface area contributed by atoms with Crippen molar-refractivity contribution >= 4 is 29.1 Å². The van der Waals surface area contributed by atoms with Crippen LogP contribution in [-0.4, -0.2) is 43.0 Å². The average molecular weight is 431 g/mol. The lowest BCUT2D eigenvalue weighted by molar-refractivity contribution is -0.127. The number of anilines is 1. The highest BCUT2D eigenvalue weighted by Gasteiger charge is 2.21. The Balaban J connectivity index is 1.56. The number of nitrogens with zero attached hydrogens (tertiary/aromatic N) is 1. The van der Waals surface area contributed by atoms with Gasteiger partial charge in [-0.25, -0.2) is 0 Å². The van der Waals surface area contributed by atoms with Crippen molar-refractivity contribution in [3.63, 3.8) is 0 Å². The largest absolute Gasteiger partial charge is 0.497 e. The lowest BCUT2D eigenvalue weighted by Crippen LogP contribution is -2.35. The topological polar surface area (TPSA) is 67.9 Å². The summed E-state index contributed by atoms with van der Waals surface area (Å²) in [6.45, 7) is 3.49. The van der Waals surface area contributed by atoms with Crippen molar-refractivity contribution in [2.24, 2.45) is 0 Å². The fourth-order valence-electron chi connectivity index (χ4n) is 3.34. The summed E-state index contributed by atoms with van der Waals surface area (Å²) in [4.78, 5) is 26.9. The quantitative estimate of drug-likeness (QED) is 0.701. The van der Waals surface area contributed by atoms with Gasteiger partial charge in [-0.1, -0.05) is 23.7 Å². The van der Waals surface area contributed by atoms with Crippen molar-refractivity contribution in [1.82, 2.24) is 4.90 Å². The van der Waals surface area contributed by atoms with E-state index in [4.69, 9.17) is 21.1 Å². The van der Waals surface area contributed by atoms with E-state index in [1.54, 1.807) is 32.2 Å². The van der Waals surface area contributed by atoms with Crippen LogP contribution in [0.1, 0.15) is 42.1 Å². The van der Waals surface area contributed by atoms with E-state index in [0.717, 1.165) is 43.7 Å². The summed E-state index contributed by atoms with van der Waals surface area (Å²) in [6, 6.07) is 12.4. The number of likely N-dealkylation sites (tertiary alicyclic amines) is 1. The third-order valence-corrected chi connectivity index (χ3v) is 5.43. The number of carbonyl (C=O) groups is 2. The van der Waals surface area contributed by atoms with Crippen molar-refractivity contribution in [3.05, 3.63) is 58.6 Å². The number of methoxy groups -OCH3 is 1. The van der Waals surface area contributed by atoms with E-state index in [-0.39, 0.29) is 18.4 Å². The summed E-state index contributed by atoms with van der Waals surface area (Å²) in [6.07, 6.45) is 2.53. The molecule has 0 aromatic heterocycles. The summed E-state index contributed by atoms with van der Waals surface area (Å²) in [5.41, 5.74) is 1.90. The summed E-state index contributed by atoms with van der Waals surface area (Å²) >= 11 is 6.33. The summed E-state index contributed by atoms with van der Waals surface area (Å²) in [5.74, 6) is 0.388. The molecule has 1 aliphatic rings. The van der Waals surface area contributed by atoms with E-state index in [1.165, 1.54) is 0 Å². The highest BCUT2D eigenvalue weighted by molar-refractivity contribution is 6.34. The molecule has 7 heteroatoms. The minimum Gasteiger partial charge on any atom is -0.497 e. The van der Waals surface area contributed by atoms with Crippen LogP contribution in [0.25, 0.3) is 0 Å². The van der Waals surface area contributed by atoms with Gasteiger partial charge in [0.05, 0.1) is 24.3 Å². The van der Waals surface area contributed by atoms with Gasteiger partial charge in [-0.2, -0.15) is 0 Å². The molecule has 2 aromatic carbocycles. The zero-order valence-electron chi connectivity index (χ0n) is 17.3. The Kier molecular flexibility index (Phi) is 7.71. The second-order valence-corrected chi connectivity index (χ2v) is 7.75. The molecule has 1 saturated heterocycles. The Labute approximate surface area is 182 Å². The van der Waals surface area contributed by atoms with Gasteiger partial charge in [0.2, 0.25) is 0 Å². The normalized spacial score (nSPS) is 14.8. The molecule has 1 aliphatic heterocycles. The highest BCUT2D eigenvalue weighted by Crippen LogP contribution is 2.24. The number of hydrogen-bond acceptors (Lipinski definition) is 4. The number of hydrogen-bond donors (Lipinski definition) is 1. The Bertz CT molecular complexity index is 897. The predicted octanol–water partition coefficient (Wildman–Crippen LogP) is 4.52. The predicted molar refractivity (Wildman–Crippen MR) is 117 cm³/mol. The number of benzene rings is 2. The molecule has 1 fully saturated rings. The van der Waals surface area contributed by atoms with Gasteiger partial charge in [-0.05, 0) is 62.1 Å². The molecule has 1 N–H and O–H groups in total. The van der Waals surface area contributed by atoms with Crippen LogP contribution in [0.2, 0.25) is 5.02 Å². The minimum absolute atomic E-state index is 0.0624. The molecule has 6 nitrogen and oxygen atoms in total. The SMILES string of the molecule is COc1cccc(COC(C)C(=O)Nc2ccc(C(=O)N3CCCCC3)c(Cl)c2)c1. The van der Waals surface area contributed by atoms with Gasteiger partial charge in [0.15, 0.2) is 0 Å². The fourth-order valence-corrected chi connectivity index (χ4v) is 3.60. The van der Waals surface area contributed by atoms with E-state index in [9.17, 15) is 9.59 Å². The molecule has 3 rings (SSSR count). The smallest absolute Gasteiger partial charge is 0.255 e. The standard InChI is InChI=1S/C23H27ClN2O4/c1-16(30-15-17-7-6-8-19(13-17)29-2)22(27)25-18-9-10-20(21(24)14-18)23(28)26-11-4-3-5-12-26/h6-10,13-14,16H,3-5,11-12,15H2,1-2H3,(H,25,27). The van der Waals surface area contributed by atoms with E-state index >= 15 is 0 Å². The van der Waals surface area contributed by atoms with Crippen LogP contribution in [0.5, 0.6) is 5.75 Å². The third kappa shape index (κ3) is 5.74. The summed E-state index contributed by atoms with van der Waals surface area (Å²) in [5, 5.41) is 3.12. The first-order chi connectivity index (χ1) is 14.5. The lowest BCUT2D eigenvalue weighted by atomic mass is 10.1. The van der Waals surface area contributed by atoms with E-state index in [0.29, 0.717) is 16.3 Å². The molecular weight excluding hydrogens is 404 g/mol. The van der Waals surface area contributed by atoms with Crippen molar-refractivity contribution in [3.8, 4) is 5.75 Å². The Hall–Kier alpha value is -2.57. The zero-order chi connectivity index (χ0) is 21.5. The lowest BCUT2D eigenvalue weighted by Gasteiger charge is -2.27. The van der Waals surface area contributed by atoms with Crippen LogP contribution in [0.15, 0.2) is 42.5 Å². The maximum Gasteiger partial charge on any atom is 0.255 e. The molecule has 0 radical (unpaired) electrons. The molecule has 0 saturated carbocycles. The number of nitrogens with one attached hydrogen (secondary N) is 1. The van der Waals surface area contributed by atoms with Gasteiger partial charge in [0.1, 0.15) is 11.9 Å². The van der Waals surface area contributed by atoms with E-state index in [1.807, 2.05) is 29.2 Å². The van der Waals surface area contributed by atoms with Crippen LogP contribution >= 0.6 is 11.6 Å². The van der Waals surface area contributed by atoms with Crippen molar-refractivity contribution in [2.75, 3.05) is 25.5 Å². The zero-order valence-corrected chi connectivity index (χ0v) is 18.1. The van der Waals surface area contributed by atoms with Crippen molar-refractivity contribution < 1.29 is 19.1 Å². The fraction of sp³-hybridized carbons (Fsp3) is 0.391. The first-order valence-electron chi connectivity index (χ1n) is 10.1. The molecule has 0 spiro atoms. The number of rotatable bonds is 7. The van der Waals surface area contributed by atoms with Gasteiger partial charge in [-0.15, -0.1) is 0 Å². The van der Waals surface area contributed by atoms with Crippen LogP contribution in [0.3, 0.4) is 0 Å². The molecular formula is C23H27ClN2O4. The summed E-state index contributed by atoms with van der Waals surface area (Å²) < 4.78 is 10.9. The van der Waals surface area contributed by atoms with Crippen molar-refractivity contribution in [1.29, 1.82) is 0 Å². The van der Waals surface area contributed by atoms with Crippen LogP contribution < -0.4 is 10.1 Å². The molecule has 2 aromatic rings. The van der Waals surface area contributed by atoms with Gasteiger partial charge in [0, 0.05) is 18.8 Å². The second-order valence-electron chi connectivity index (χ2n) is 7.34. The highest BCUT2D eigenvalue weighted by atomic mass is 35.5. The number of halogens is 1. The van der Waals surface area contributed by atoms with Crippen molar-refractivity contribution in [2.45, 2.75) is 38.9 Å². The average Bonchev–Trinajstić information content (AvgIpc) is 2.77. The maximum atomic E-state index is 12.7. The summed E-state index contributed by atoms with van der Waals surface area (Å²) in [7, 11) is 1.60. The molecule has 0 bridgehead atoms. The van der Waals surface area contributed by atoms with Gasteiger partial charge >= 0.3 is 0 Å². The molecule has 30 heavy (non-hydrogen) atoms. The van der Waals surface area contributed by atoms with E-state index in [2.05, 4.69) is 5.32 Å². The first kappa shape index (κ1) is 22.1. The number of piperidine rings is 1. The maximum absolute atomic E-state index is 12.7. The van der Waals surface area contributed by atoms with Gasteiger partial charge < -0.3 is 19.7 Å². The van der Waals surface area contributed by atoms with Crippen LogP contribution in [-0.2, 0) is 16.1 Å². The molecule has 2 amide bonds. The number of amides is 2. The van der Waals surface area contributed by atoms with Gasteiger partial charge in [0.25, 0.3) is 11.8 Å². The molecule has 1 unspecified atom stereocenters. The van der Waals surface area contributed by atoms with Gasteiger partial charge in [-0.3, -0.25) is 9.59 Å². The molecule has 160 valence electrons. The second kappa shape index (κ2) is 10.5. The third-order valence-electron chi connectivity index (χ3n) is 5.11. The molecule has 1 heterocycles. The number of ether oxygens (including phenoxy) is 2. The molecule has 1 atom stereocenters. The van der Waals surface area contributed by atoms with Crippen LogP contribution in [0.4, 0.5) is 5.69 Å². The van der Waals surface area contributed by atoms with E-state index < -0.39 is 6.10 Å². The molecule has 0 aliphatic carbocycles. The Morgan fingerprint density at radius 2 is 1.90 bits per heavy atom. The Morgan fingerprint density at radius 1 is 1.13 bits per heavy atom. The first-order valence-corrected chi connectivity index (χ1v) is 10.5. The Morgan fingerprint density at radius 3 is 2.60 bits per heavy atom. The van der Waals surface area contributed by atoms with Crippen LogP contribution in [0, 0.1) is 0 Å². The number of carbonyl (C=O) groups excluding carboxylic acids is 2. The minimum atomic E-state index is -0.662. The monoisotopic (exact) mass is 430 g/mol.